The van der Waals surface area contributed by atoms with Crippen molar-refractivity contribution in [3.63, 3.8) is 0 Å². The van der Waals surface area contributed by atoms with Crippen LogP contribution in [0.1, 0.15) is 23.1 Å². The van der Waals surface area contributed by atoms with Gasteiger partial charge in [-0.3, -0.25) is 4.79 Å². The zero-order chi connectivity index (χ0) is 21.2. The van der Waals surface area contributed by atoms with Crippen molar-refractivity contribution in [3.8, 4) is 5.75 Å². The Hall–Kier alpha value is -3.60. The number of rotatable bonds is 9. The SMILES string of the molecule is O=C(CCc1ccc(O)cc1)N[C@@H](Cc1ccccc1)C(=O)OCc1ccccc1. The van der Waals surface area contributed by atoms with E-state index in [4.69, 9.17) is 4.74 Å². The maximum atomic E-state index is 12.7. The number of aryl methyl sites for hydroxylation is 1. The minimum Gasteiger partial charge on any atom is -0.508 e. The number of nitrogens with one attached hydrogen (secondary N) is 1. The lowest BCUT2D eigenvalue weighted by molar-refractivity contribution is -0.149. The molecular formula is C25H25NO4. The van der Waals surface area contributed by atoms with Gasteiger partial charge in [0.05, 0.1) is 0 Å². The lowest BCUT2D eigenvalue weighted by Gasteiger charge is -2.18. The molecule has 0 aliphatic carbocycles. The topological polar surface area (TPSA) is 75.6 Å². The van der Waals surface area contributed by atoms with Crippen molar-refractivity contribution in [2.75, 3.05) is 0 Å². The summed E-state index contributed by atoms with van der Waals surface area (Å²) in [6.45, 7) is 0.161. The van der Waals surface area contributed by atoms with Crippen LogP contribution in [0.2, 0.25) is 0 Å². The standard InChI is InChI=1S/C25H25NO4/c27-22-14-11-19(12-15-22)13-16-24(28)26-23(17-20-7-3-1-4-8-20)25(29)30-18-21-9-5-2-6-10-21/h1-12,14-15,23,27H,13,16-18H2,(H,26,28)/t23-/m0/s1. The van der Waals surface area contributed by atoms with E-state index in [0.717, 1.165) is 16.7 Å². The second-order valence-corrected chi connectivity index (χ2v) is 7.07. The van der Waals surface area contributed by atoms with E-state index in [1.807, 2.05) is 60.7 Å². The van der Waals surface area contributed by atoms with E-state index in [1.165, 1.54) is 0 Å². The van der Waals surface area contributed by atoms with Crippen molar-refractivity contribution >= 4 is 11.9 Å². The van der Waals surface area contributed by atoms with Crippen LogP contribution in [0.3, 0.4) is 0 Å². The van der Waals surface area contributed by atoms with Crippen LogP contribution in [-0.2, 0) is 33.8 Å². The van der Waals surface area contributed by atoms with E-state index in [-0.39, 0.29) is 24.7 Å². The van der Waals surface area contributed by atoms with E-state index in [1.54, 1.807) is 24.3 Å². The fourth-order valence-electron chi connectivity index (χ4n) is 3.06. The average molecular weight is 403 g/mol. The summed E-state index contributed by atoms with van der Waals surface area (Å²) in [4.78, 5) is 25.2. The number of hydrogen-bond acceptors (Lipinski definition) is 4. The van der Waals surface area contributed by atoms with Gasteiger partial charge in [-0.05, 0) is 35.2 Å². The van der Waals surface area contributed by atoms with Crippen molar-refractivity contribution in [3.05, 3.63) is 102 Å². The highest BCUT2D eigenvalue weighted by molar-refractivity contribution is 5.84. The largest absolute Gasteiger partial charge is 0.508 e. The first-order chi connectivity index (χ1) is 14.6. The zero-order valence-corrected chi connectivity index (χ0v) is 16.7. The Balaban J connectivity index is 1.60. The van der Waals surface area contributed by atoms with Crippen LogP contribution < -0.4 is 5.32 Å². The van der Waals surface area contributed by atoms with Gasteiger partial charge in [0, 0.05) is 12.8 Å². The predicted molar refractivity (Wildman–Crippen MR) is 115 cm³/mol. The Bertz CT molecular complexity index is 940. The molecule has 0 aliphatic rings. The van der Waals surface area contributed by atoms with E-state index < -0.39 is 12.0 Å². The van der Waals surface area contributed by atoms with Crippen LogP contribution in [0.5, 0.6) is 5.75 Å². The molecule has 0 saturated heterocycles. The number of phenols is 1. The lowest BCUT2D eigenvalue weighted by Crippen LogP contribution is -2.43. The summed E-state index contributed by atoms with van der Waals surface area (Å²) in [5.74, 6) is -0.492. The summed E-state index contributed by atoms with van der Waals surface area (Å²) in [5, 5.41) is 12.2. The van der Waals surface area contributed by atoms with E-state index >= 15 is 0 Å². The average Bonchev–Trinajstić information content (AvgIpc) is 2.78. The molecule has 1 amide bonds. The second kappa shape index (κ2) is 10.8. The minimum atomic E-state index is -0.761. The first-order valence-electron chi connectivity index (χ1n) is 9.92. The first kappa shape index (κ1) is 21.1. The molecule has 5 nitrogen and oxygen atoms in total. The van der Waals surface area contributed by atoms with Gasteiger partial charge in [-0.2, -0.15) is 0 Å². The molecule has 0 spiro atoms. The normalized spacial score (nSPS) is 11.5. The van der Waals surface area contributed by atoms with Gasteiger partial charge in [-0.1, -0.05) is 72.8 Å². The first-order valence-corrected chi connectivity index (χ1v) is 9.92. The molecular weight excluding hydrogens is 378 g/mol. The highest BCUT2D eigenvalue weighted by atomic mass is 16.5. The van der Waals surface area contributed by atoms with Gasteiger partial charge in [-0.15, -0.1) is 0 Å². The van der Waals surface area contributed by atoms with Gasteiger partial charge >= 0.3 is 5.97 Å². The molecule has 0 aromatic heterocycles. The number of carbonyl (C=O) groups excluding carboxylic acids is 2. The Labute approximate surface area is 176 Å². The van der Waals surface area contributed by atoms with Crippen molar-refractivity contribution in [2.24, 2.45) is 0 Å². The van der Waals surface area contributed by atoms with E-state index in [9.17, 15) is 14.7 Å². The molecule has 5 heteroatoms. The molecule has 0 radical (unpaired) electrons. The van der Waals surface area contributed by atoms with Crippen molar-refractivity contribution in [1.29, 1.82) is 0 Å². The Kier molecular flexibility index (Phi) is 7.61. The highest BCUT2D eigenvalue weighted by Gasteiger charge is 2.23. The molecule has 0 heterocycles. The van der Waals surface area contributed by atoms with Gasteiger partial charge in [-0.25, -0.2) is 4.79 Å². The number of carbonyl (C=O) groups is 2. The fourth-order valence-corrected chi connectivity index (χ4v) is 3.06. The van der Waals surface area contributed by atoms with Gasteiger partial charge in [0.1, 0.15) is 18.4 Å². The number of phenolic OH excluding ortho intramolecular Hbond substituents is 1. The van der Waals surface area contributed by atoms with E-state index in [0.29, 0.717) is 12.8 Å². The van der Waals surface area contributed by atoms with Gasteiger partial charge < -0.3 is 15.2 Å². The van der Waals surface area contributed by atoms with Crippen molar-refractivity contribution < 1.29 is 19.4 Å². The molecule has 1 atom stereocenters. The lowest BCUT2D eigenvalue weighted by atomic mass is 10.0. The van der Waals surface area contributed by atoms with Crippen LogP contribution >= 0.6 is 0 Å². The third-order valence-electron chi connectivity index (χ3n) is 4.70. The molecule has 154 valence electrons. The maximum absolute atomic E-state index is 12.7. The molecule has 3 aromatic rings. The van der Waals surface area contributed by atoms with Crippen LogP contribution in [0.15, 0.2) is 84.9 Å². The number of benzene rings is 3. The second-order valence-electron chi connectivity index (χ2n) is 7.07. The Morgan fingerprint density at radius 1 is 0.800 bits per heavy atom. The van der Waals surface area contributed by atoms with Crippen LogP contribution in [-0.4, -0.2) is 23.0 Å². The highest BCUT2D eigenvalue weighted by Crippen LogP contribution is 2.12. The predicted octanol–water partition coefficient (Wildman–Crippen LogP) is 3.80. The molecule has 3 aromatic carbocycles. The number of esters is 1. The van der Waals surface area contributed by atoms with Crippen LogP contribution in [0, 0.1) is 0 Å². The summed E-state index contributed by atoms with van der Waals surface area (Å²) >= 11 is 0. The third kappa shape index (κ3) is 6.78. The molecule has 2 N–H and O–H groups in total. The molecule has 3 rings (SSSR count). The van der Waals surface area contributed by atoms with Crippen molar-refractivity contribution in [2.45, 2.75) is 31.9 Å². The maximum Gasteiger partial charge on any atom is 0.329 e. The monoisotopic (exact) mass is 403 g/mol. The number of hydrogen-bond donors (Lipinski definition) is 2. The molecule has 0 saturated carbocycles. The van der Waals surface area contributed by atoms with Gasteiger partial charge in [0.15, 0.2) is 0 Å². The zero-order valence-electron chi connectivity index (χ0n) is 16.7. The summed E-state index contributed by atoms with van der Waals surface area (Å²) in [6.07, 6.45) is 1.12. The van der Waals surface area contributed by atoms with Crippen LogP contribution in [0.25, 0.3) is 0 Å². The van der Waals surface area contributed by atoms with Crippen LogP contribution in [0.4, 0.5) is 0 Å². The number of aromatic hydroxyl groups is 1. The molecule has 0 fully saturated rings. The molecule has 0 aliphatic heterocycles. The molecule has 30 heavy (non-hydrogen) atoms. The molecule has 0 bridgehead atoms. The third-order valence-corrected chi connectivity index (χ3v) is 4.70. The smallest absolute Gasteiger partial charge is 0.329 e. The fraction of sp³-hybridized carbons (Fsp3) is 0.200. The Morgan fingerprint density at radius 2 is 1.40 bits per heavy atom. The summed E-state index contributed by atoms with van der Waals surface area (Å²) in [6, 6.07) is 24.9. The van der Waals surface area contributed by atoms with E-state index in [2.05, 4.69) is 5.32 Å². The van der Waals surface area contributed by atoms with Gasteiger partial charge in [0.2, 0.25) is 5.91 Å². The van der Waals surface area contributed by atoms with Crippen molar-refractivity contribution in [1.82, 2.24) is 5.32 Å². The quantitative estimate of drug-likeness (QED) is 0.533. The minimum absolute atomic E-state index is 0.161. The molecule has 0 unspecified atom stereocenters. The number of ether oxygens (including phenoxy) is 1. The van der Waals surface area contributed by atoms with Gasteiger partial charge in [0.25, 0.3) is 0 Å². The Morgan fingerprint density at radius 3 is 2.03 bits per heavy atom. The summed E-state index contributed by atoms with van der Waals surface area (Å²) in [5.41, 5.74) is 2.77. The summed E-state index contributed by atoms with van der Waals surface area (Å²) in [7, 11) is 0. The summed E-state index contributed by atoms with van der Waals surface area (Å²) < 4.78 is 5.46. The number of amides is 1.